The molecule has 0 spiro atoms. The van der Waals surface area contributed by atoms with Crippen LogP contribution in [0.1, 0.15) is 59.9 Å². The second-order valence-electron chi connectivity index (χ2n) is 7.42. The molecule has 0 aliphatic rings. The van der Waals surface area contributed by atoms with Crippen molar-refractivity contribution in [3.8, 4) is 0 Å². The normalized spacial score (nSPS) is 12.6. The molecule has 0 bridgehead atoms. The second kappa shape index (κ2) is 5.77. The summed E-state index contributed by atoms with van der Waals surface area (Å²) in [5.41, 5.74) is 3.31. The number of nitrogens with one attached hydrogen (secondary N) is 1. The highest BCUT2D eigenvalue weighted by atomic mass is 14.9. The average Bonchev–Trinajstić information content (AvgIpc) is 2.22. The molecule has 0 aliphatic carbocycles. The maximum absolute atomic E-state index is 3.50. The van der Waals surface area contributed by atoms with E-state index in [1.54, 1.807) is 0 Å². The van der Waals surface area contributed by atoms with Gasteiger partial charge in [-0.15, -0.1) is 0 Å². The van der Waals surface area contributed by atoms with Gasteiger partial charge in [0.1, 0.15) is 0 Å². The average molecular weight is 247 g/mol. The van der Waals surface area contributed by atoms with Gasteiger partial charge in [0.2, 0.25) is 0 Å². The molecule has 0 amide bonds. The van der Waals surface area contributed by atoms with Crippen molar-refractivity contribution >= 4 is 5.69 Å². The molecular formula is C17H29N. The van der Waals surface area contributed by atoms with Crippen LogP contribution in [-0.2, 0) is 5.41 Å². The third-order valence-electron chi connectivity index (χ3n) is 3.18. The van der Waals surface area contributed by atoms with Gasteiger partial charge in [-0.25, -0.2) is 0 Å². The van der Waals surface area contributed by atoms with Crippen molar-refractivity contribution < 1.29 is 0 Å². The van der Waals surface area contributed by atoms with Crippen molar-refractivity contribution in [2.45, 2.75) is 59.8 Å². The molecule has 0 fully saturated rings. The summed E-state index contributed by atoms with van der Waals surface area (Å²) < 4.78 is 0. The van der Waals surface area contributed by atoms with Crippen molar-refractivity contribution in [2.75, 3.05) is 11.9 Å². The molecule has 0 saturated carbocycles. The molecule has 1 nitrogen and oxygen atoms in total. The summed E-state index contributed by atoms with van der Waals surface area (Å²) in [5, 5.41) is 3.50. The molecule has 0 atom stereocenters. The van der Waals surface area contributed by atoms with E-state index in [4.69, 9.17) is 0 Å². The summed E-state index contributed by atoms with van der Waals surface area (Å²) in [6.07, 6.45) is 2.49. The van der Waals surface area contributed by atoms with Gasteiger partial charge in [-0.05, 0) is 41.4 Å². The van der Waals surface area contributed by atoms with Gasteiger partial charge in [0.25, 0.3) is 0 Å². The topological polar surface area (TPSA) is 12.0 Å². The molecular weight excluding hydrogens is 218 g/mol. The van der Waals surface area contributed by atoms with E-state index in [1.807, 2.05) is 0 Å². The van der Waals surface area contributed by atoms with Crippen LogP contribution in [0, 0.1) is 5.41 Å². The second-order valence-corrected chi connectivity index (χ2v) is 7.42. The van der Waals surface area contributed by atoms with Gasteiger partial charge in [0, 0.05) is 12.2 Å². The molecule has 0 radical (unpaired) electrons. The number of hydrogen-bond donors (Lipinski definition) is 1. The van der Waals surface area contributed by atoms with Crippen LogP contribution >= 0.6 is 0 Å². The molecule has 0 saturated heterocycles. The first-order valence-electron chi connectivity index (χ1n) is 7.03. The molecule has 0 aromatic heterocycles. The van der Waals surface area contributed by atoms with Crippen LogP contribution in [-0.4, -0.2) is 6.54 Å². The highest BCUT2D eigenvalue weighted by molar-refractivity contribution is 5.45. The Bertz CT molecular complexity index is 349. The Morgan fingerprint density at radius 2 is 1.44 bits per heavy atom. The summed E-state index contributed by atoms with van der Waals surface area (Å²) in [5.74, 6) is 0. The fourth-order valence-electron chi connectivity index (χ4n) is 1.94. The van der Waals surface area contributed by atoms with Crippen LogP contribution in [0.15, 0.2) is 24.3 Å². The lowest BCUT2D eigenvalue weighted by Crippen LogP contribution is -2.11. The van der Waals surface area contributed by atoms with Gasteiger partial charge in [0.05, 0.1) is 0 Å². The van der Waals surface area contributed by atoms with Crippen molar-refractivity contribution in [3.05, 3.63) is 29.8 Å². The summed E-state index contributed by atoms with van der Waals surface area (Å²) >= 11 is 0. The molecule has 1 heteroatoms. The first-order chi connectivity index (χ1) is 8.18. The molecule has 1 N–H and O–H groups in total. The Balaban J connectivity index is 2.41. The van der Waals surface area contributed by atoms with E-state index in [0.717, 1.165) is 6.54 Å². The number of benzene rings is 1. The summed E-state index contributed by atoms with van der Waals surface area (Å²) in [6.45, 7) is 14.7. The SMILES string of the molecule is CC(C)(C)CCCNc1ccc(C(C)(C)C)cc1. The molecule has 0 aliphatic heterocycles. The van der Waals surface area contributed by atoms with E-state index in [-0.39, 0.29) is 5.41 Å². The van der Waals surface area contributed by atoms with Crippen LogP contribution in [0.4, 0.5) is 5.69 Å². The van der Waals surface area contributed by atoms with E-state index >= 15 is 0 Å². The predicted molar refractivity (Wildman–Crippen MR) is 82.3 cm³/mol. The standard InChI is InChI=1S/C17H29N/c1-16(2,3)12-7-13-18-15-10-8-14(9-11-15)17(4,5)6/h8-11,18H,7,12-13H2,1-6H3. The summed E-state index contributed by atoms with van der Waals surface area (Å²) in [7, 11) is 0. The lowest BCUT2D eigenvalue weighted by atomic mass is 9.87. The summed E-state index contributed by atoms with van der Waals surface area (Å²) in [4.78, 5) is 0. The lowest BCUT2D eigenvalue weighted by molar-refractivity contribution is 0.370. The molecule has 1 aromatic rings. The quantitative estimate of drug-likeness (QED) is 0.719. The third kappa shape index (κ3) is 5.57. The Hall–Kier alpha value is -0.980. The Morgan fingerprint density at radius 3 is 1.89 bits per heavy atom. The van der Waals surface area contributed by atoms with Gasteiger partial charge < -0.3 is 5.32 Å². The smallest absolute Gasteiger partial charge is 0.0340 e. The van der Waals surface area contributed by atoms with Crippen LogP contribution in [0.5, 0.6) is 0 Å². The molecule has 102 valence electrons. The fraction of sp³-hybridized carbons (Fsp3) is 0.647. The highest BCUT2D eigenvalue weighted by Gasteiger charge is 2.12. The van der Waals surface area contributed by atoms with Gasteiger partial charge in [-0.1, -0.05) is 53.7 Å². The first kappa shape index (κ1) is 15.1. The zero-order chi connectivity index (χ0) is 13.8. The monoisotopic (exact) mass is 247 g/mol. The molecule has 0 unspecified atom stereocenters. The van der Waals surface area contributed by atoms with Crippen LogP contribution in [0.2, 0.25) is 0 Å². The Labute approximate surface area is 113 Å². The number of anilines is 1. The number of rotatable bonds is 4. The van der Waals surface area contributed by atoms with Gasteiger partial charge >= 0.3 is 0 Å². The van der Waals surface area contributed by atoms with E-state index < -0.39 is 0 Å². The lowest BCUT2D eigenvalue weighted by Gasteiger charge is -2.20. The van der Waals surface area contributed by atoms with Gasteiger partial charge in [-0.2, -0.15) is 0 Å². The summed E-state index contributed by atoms with van der Waals surface area (Å²) in [6, 6.07) is 8.84. The zero-order valence-electron chi connectivity index (χ0n) is 12.9. The van der Waals surface area contributed by atoms with Gasteiger partial charge in [-0.3, -0.25) is 0 Å². The molecule has 18 heavy (non-hydrogen) atoms. The maximum Gasteiger partial charge on any atom is 0.0340 e. The predicted octanol–water partition coefficient (Wildman–Crippen LogP) is 5.22. The first-order valence-corrected chi connectivity index (χ1v) is 7.03. The third-order valence-corrected chi connectivity index (χ3v) is 3.18. The minimum atomic E-state index is 0.241. The van der Waals surface area contributed by atoms with Crippen LogP contribution in [0.25, 0.3) is 0 Å². The van der Waals surface area contributed by atoms with Crippen LogP contribution in [0.3, 0.4) is 0 Å². The molecule has 1 aromatic carbocycles. The minimum Gasteiger partial charge on any atom is -0.385 e. The van der Waals surface area contributed by atoms with Crippen molar-refractivity contribution in [1.29, 1.82) is 0 Å². The van der Waals surface area contributed by atoms with E-state index in [9.17, 15) is 0 Å². The van der Waals surface area contributed by atoms with Crippen molar-refractivity contribution in [3.63, 3.8) is 0 Å². The van der Waals surface area contributed by atoms with E-state index in [1.165, 1.54) is 24.1 Å². The van der Waals surface area contributed by atoms with E-state index in [0.29, 0.717) is 5.41 Å². The fourth-order valence-corrected chi connectivity index (χ4v) is 1.94. The largest absolute Gasteiger partial charge is 0.385 e. The highest BCUT2D eigenvalue weighted by Crippen LogP contribution is 2.24. The van der Waals surface area contributed by atoms with Gasteiger partial charge in [0.15, 0.2) is 0 Å². The van der Waals surface area contributed by atoms with Crippen molar-refractivity contribution in [2.24, 2.45) is 5.41 Å². The zero-order valence-corrected chi connectivity index (χ0v) is 12.9. The van der Waals surface area contributed by atoms with Crippen molar-refractivity contribution in [1.82, 2.24) is 0 Å². The maximum atomic E-state index is 3.50. The Morgan fingerprint density at radius 1 is 0.889 bits per heavy atom. The van der Waals surface area contributed by atoms with Crippen LogP contribution < -0.4 is 5.32 Å². The Kier molecular flexibility index (Phi) is 4.84. The minimum absolute atomic E-state index is 0.241. The molecule has 1 rings (SSSR count). The molecule has 0 heterocycles. The number of hydrogen-bond acceptors (Lipinski definition) is 1. The van der Waals surface area contributed by atoms with E-state index in [2.05, 4.69) is 71.1 Å².